The molecule has 1 amide bonds. The molecule has 0 spiro atoms. The molecule has 4 aromatic heterocycles. The van der Waals surface area contributed by atoms with Crippen molar-refractivity contribution in [2.75, 3.05) is 6.61 Å². The number of fused-ring (bicyclic) bond motifs is 2. The largest absolute Gasteiger partial charge is 0.484 e. The Bertz CT molecular complexity index is 1250. The molecular weight excluding hydrogens is 390 g/mol. The van der Waals surface area contributed by atoms with E-state index in [4.69, 9.17) is 4.74 Å². The van der Waals surface area contributed by atoms with Crippen LogP contribution in [0, 0.1) is 0 Å². The van der Waals surface area contributed by atoms with Crippen LogP contribution in [0.2, 0.25) is 0 Å². The SMILES string of the molecule is O=C(COc1ccccc1)N(Cc1cnc2ccccn12)Cc1cnc2ccccn12. The summed E-state index contributed by atoms with van der Waals surface area (Å²) < 4.78 is 9.71. The maximum Gasteiger partial charge on any atom is 0.261 e. The fourth-order valence-corrected chi connectivity index (χ4v) is 3.58. The Morgan fingerprint density at radius 2 is 1.32 bits per heavy atom. The molecule has 0 saturated heterocycles. The highest BCUT2D eigenvalue weighted by Gasteiger charge is 2.19. The molecule has 7 nitrogen and oxygen atoms in total. The number of ether oxygens (including phenoxy) is 1. The van der Waals surface area contributed by atoms with Crippen LogP contribution in [0.5, 0.6) is 5.75 Å². The molecule has 0 saturated carbocycles. The Kier molecular flexibility index (Phi) is 5.06. The first kappa shape index (κ1) is 18.9. The van der Waals surface area contributed by atoms with Gasteiger partial charge < -0.3 is 18.4 Å². The van der Waals surface area contributed by atoms with E-state index in [-0.39, 0.29) is 12.5 Å². The van der Waals surface area contributed by atoms with Gasteiger partial charge in [0.15, 0.2) is 6.61 Å². The van der Waals surface area contributed by atoms with E-state index >= 15 is 0 Å². The second-order valence-corrected chi connectivity index (χ2v) is 7.21. The topological polar surface area (TPSA) is 64.1 Å². The highest BCUT2D eigenvalue weighted by atomic mass is 16.5. The van der Waals surface area contributed by atoms with Gasteiger partial charge in [-0.15, -0.1) is 0 Å². The van der Waals surface area contributed by atoms with Gasteiger partial charge in [0.2, 0.25) is 0 Å². The third-order valence-corrected chi connectivity index (χ3v) is 5.15. The standard InChI is InChI=1S/C24H21N5O2/c30-24(18-31-21-8-2-1-3-9-21)27(16-19-14-25-22-10-4-6-12-28(19)22)17-20-15-26-23-11-5-7-13-29(20)23/h1-15H,16-18H2. The van der Waals surface area contributed by atoms with Crippen LogP contribution in [-0.4, -0.2) is 36.2 Å². The van der Waals surface area contributed by atoms with Crippen molar-refractivity contribution in [2.24, 2.45) is 0 Å². The summed E-state index contributed by atoms with van der Waals surface area (Å²) in [5, 5.41) is 0. The molecule has 0 aliphatic rings. The maximum atomic E-state index is 13.2. The van der Waals surface area contributed by atoms with Gasteiger partial charge in [0, 0.05) is 12.4 Å². The number of para-hydroxylation sites is 1. The lowest BCUT2D eigenvalue weighted by atomic mass is 10.3. The number of nitrogens with zero attached hydrogens (tertiary/aromatic N) is 5. The molecule has 0 N–H and O–H groups in total. The predicted octanol–water partition coefficient (Wildman–Crippen LogP) is 3.59. The van der Waals surface area contributed by atoms with Crippen LogP contribution in [-0.2, 0) is 17.9 Å². The Hall–Kier alpha value is -4.13. The van der Waals surface area contributed by atoms with E-state index in [0.717, 1.165) is 22.7 Å². The molecular formula is C24H21N5O2. The first-order valence-electron chi connectivity index (χ1n) is 10.1. The minimum atomic E-state index is -0.111. The number of hydrogen-bond donors (Lipinski definition) is 0. The second kappa shape index (κ2) is 8.31. The normalized spacial score (nSPS) is 11.1. The zero-order chi connectivity index (χ0) is 21.0. The number of rotatable bonds is 7. The number of carbonyl (C=O) groups is 1. The van der Waals surface area contributed by atoms with E-state index in [0.29, 0.717) is 18.8 Å². The van der Waals surface area contributed by atoms with Crippen molar-refractivity contribution in [3.05, 3.63) is 103 Å². The fourth-order valence-electron chi connectivity index (χ4n) is 3.58. The number of amides is 1. The van der Waals surface area contributed by atoms with Gasteiger partial charge >= 0.3 is 0 Å². The number of imidazole rings is 2. The quantitative estimate of drug-likeness (QED) is 0.411. The number of aromatic nitrogens is 4. The molecule has 0 aliphatic heterocycles. The van der Waals surface area contributed by atoms with Crippen molar-refractivity contribution in [1.82, 2.24) is 23.7 Å². The monoisotopic (exact) mass is 411 g/mol. The molecule has 1 aromatic carbocycles. The average Bonchev–Trinajstić information content (AvgIpc) is 3.42. The Morgan fingerprint density at radius 3 is 1.90 bits per heavy atom. The minimum Gasteiger partial charge on any atom is -0.484 e. The molecule has 0 radical (unpaired) electrons. The van der Waals surface area contributed by atoms with Gasteiger partial charge in [-0.25, -0.2) is 9.97 Å². The lowest BCUT2D eigenvalue weighted by molar-refractivity contribution is -0.134. The highest BCUT2D eigenvalue weighted by Crippen LogP contribution is 2.15. The van der Waals surface area contributed by atoms with E-state index in [1.807, 2.05) is 100 Å². The summed E-state index contributed by atoms with van der Waals surface area (Å²) in [6, 6.07) is 21.0. The number of benzene rings is 1. The van der Waals surface area contributed by atoms with Gasteiger partial charge in [-0.1, -0.05) is 30.3 Å². The van der Waals surface area contributed by atoms with Gasteiger partial charge in [0.1, 0.15) is 17.0 Å². The third kappa shape index (κ3) is 3.98. The molecule has 4 heterocycles. The number of pyridine rings is 2. The van der Waals surface area contributed by atoms with E-state index in [1.165, 1.54) is 0 Å². The Balaban J connectivity index is 1.42. The van der Waals surface area contributed by atoms with E-state index in [2.05, 4.69) is 9.97 Å². The number of carbonyl (C=O) groups excluding carboxylic acids is 1. The fraction of sp³-hybridized carbons (Fsp3) is 0.125. The van der Waals surface area contributed by atoms with Crippen LogP contribution in [0.25, 0.3) is 11.3 Å². The van der Waals surface area contributed by atoms with Crippen LogP contribution >= 0.6 is 0 Å². The molecule has 5 rings (SSSR count). The van der Waals surface area contributed by atoms with Crippen LogP contribution < -0.4 is 4.74 Å². The van der Waals surface area contributed by atoms with Crippen molar-refractivity contribution >= 4 is 17.2 Å². The lowest BCUT2D eigenvalue weighted by Crippen LogP contribution is -2.34. The van der Waals surface area contributed by atoms with Crippen molar-refractivity contribution in [3.63, 3.8) is 0 Å². The van der Waals surface area contributed by atoms with E-state index in [9.17, 15) is 4.79 Å². The van der Waals surface area contributed by atoms with E-state index < -0.39 is 0 Å². The molecule has 7 heteroatoms. The summed E-state index contributed by atoms with van der Waals surface area (Å²) in [5.74, 6) is 0.557. The molecule has 0 unspecified atom stereocenters. The molecule has 31 heavy (non-hydrogen) atoms. The summed E-state index contributed by atoms with van der Waals surface area (Å²) in [6.45, 7) is 0.766. The zero-order valence-electron chi connectivity index (χ0n) is 16.8. The average molecular weight is 411 g/mol. The first-order valence-corrected chi connectivity index (χ1v) is 10.1. The molecule has 0 atom stereocenters. The minimum absolute atomic E-state index is 0.0442. The summed E-state index contributed by atoms with van der Waals surface area (Å²) in [6.07, 6.45) is 7.52. The van der Waals surface area contributed by atoms with Gasteiger partial charge in [0.25, 0.3) is 5.91 Å². The van der Waals surface area contributed by atoms with Crippen LogP contribution in [0.15, 0.2) is 91.5 Å². The summed E-state index contributed by atoms with van der Waals surface area (Å²) >= 11 is 0. The second-order valence-electron chi connectivity index (χ2n) is 7.21. The third-order valence-electron chi connectivity index (χ3n) is 5.15. The van der Waals surface area contributed by atoms with Crippen LogP contribution in [0.4, 0.5) is 0 Å². The van der Waals surface area contributed by atoms with Gasteiger partial charge in [-0.2, -0.15) is 0 Å². The van der Waals surface area contributed by atoms with E-state index in [1.54, 1.807) is 4.90 Å². The molecule has 0 bridgehead atoms. The number of hydrogen-bond acceptors (Lipinski definition) is 4. The Morgan fingerprint density at radius 1 is 0.774 bits per heavy atom. The first-order chi connectivity index (χ1) is 15.3. The van der Waals surface area contributed by atoms with Crippen LogP contribution in [0.1, 0.15) is 11.4 Å². The zero-order valence-corrected chi connectivity index (χ0v) is 16.8. The predicted molar refractivity (Wildman–Crippen MR) is 117 cm³/mol. The molecule has 0 fully saturated rings. The van der Waals surface area contributed by atoms with Gasteiger partial charge in [0.05, 0.1) is 36.9 Å². The molecule has 154 valence electrons. The summed E-state index contributed by atoms with van der Waals surface area (Å²) in [5.41, 5.74) is 3.55. The van der Waals surface area contributed by atoms with Crippen molar-refractivity contribution in [2.45, 2.75) is 13.1 Å². The van der Waals surface area contributed by atoms with Gasteiger partial charge in [-0.3, -0.25) is 4.79 Å². The summed E-state index contributed by atoms with van der Waals surface area (Å²) in [7, 11) is 0. The molecule has 0 aliphatic carbocycles. The van der Waals surface area contributed by atoms with Gasteiger partial charge in [-0.05, 0) is 36.4 Å². The highest BCUT2D eigenvalue weighted by molar-refractivity contribution is 5.77. The lowest BCUT2D eigenvalue weighted by Gasteiger charge is -2.22. The van der Waals surface area contributed by atoms with Crippen molar-refractivity contribution in [1.29, 1.82) is 0 Å². The smallest absolute Gasteiger partial charge is 0.261 e. The van der Waals surface area contributed by atoms with Crippen molar-refractivity contribution in [3.8, 4) is 5.75 Å². The van der Waals surface area contributed by atoms with Crippen molar-refractivity contribution < 1.29 is 9.53 Å². The maximum absolute atomic E-state index is 13.2. The molecule has 5 aromatic rings. The van der Waals surface area contributed by atoms with Crippen LogP contribution in [0.3, 0.4) is 0 Å². The Labute approximate surface area is 179 Å². The summed E-state index contributed by atoms with van der Waals surface area (Å²) in [4.78, 5) is 23.9.